The van der Waals surface area contributed by atoms with Crippen molar-refractivity contribution in [2.24, 2.45) is 4.40 Å². The van der Waals surface area contributed by atoms with Crippen molar-refractivity contribution in [1.82, 2.24) is 0 Å². The maximum absolute atomic E-state index is 10.8. The zero-order valence-electron chi connectivity index (χ0n) is 7.84. The second kappa shape index (κ2) is 6.83. The topological polar surface area (TPSA) is 72.8 Å². The monoisotopic (exact) mass is 239 g/mol. The van der Waals surface area contributed by atoms with Gasteiger partial charge in [-0.2, -0.15) is 17.0 Å². The molecule has 14 heavy (non-hydrogen) atoms. The first kappa shape index (κ1) is 13.4. The molecule has 0 unspecified atom stereocenters. The summed E-state index contributed by atoms with van der Waals surface area (Å²) in [5.74, 6) is 0.101. The van der Waals surface area contributed by atoms with E-state index in [4.69, 9.17) is 4.74 Å². The zero-order chi connectivity index (χ0) is 11.0. The predicted molar refractivity (Wildman–Crippen MR) is 57.4 cm³/mol. The molecule has 0 bridgehead atoms. The molecule has 0 atom stereocenters. The molecule has 0 aromatic carbocycles. The molecule has 5 nitrogen and oxygen atoms in total. The lowest BCUT2D eigenvalue weighted by Crippen LogP contribution is -2.06. The van der Waals surface area contributed by atoms with Gasteiger partial charge >= 0.3 is 5.97 Å². The summed E-state index contributed by atoms with van der Waals surface area (Å²) in [6.07, 6.45) is 2.76. The van der Waals surface area contributed by atoms with E-state index in [1.165, 1.54) is 6.21 Å². The Balaban J connectivity index is 3.57. The van der Waals surface area contributed by atoms with Crippen molar-refractivity contribution < 1.29 is 17.9 Å². The standard InChI is InChI=1S/C7H13NO4S2/c1-14(10,11)8-4-2-5-12-7(9)3-6-13/h4,13H,2-3,5-6H2,1H3/b8-4-. The predicted octanol–water partition coefficient (Wildman–Crippen LogP) is 0.270. The first-order chi connectivity index (χ1) is 6.45. The number of hydrogen-bond acceptors (Lipinski definition) is 5. The van der Waals surface area contributed by atoms with Crippen LogP contribution in [0.3, 0.4) is 0 Å². The molecule has 0 N–H and O–H groups in total. The van der Waals surface area contributed by atoms with Crippen LogP contribution >= 0.6 is 12.6 Å². The Morgan fingerprint density at radius 1 is 1.57 bits per heavy atom. The van der Waals surface area contributed by atoms with Crippen LogP contribution in [0.2, 0.25) is 0 Å². The summed E-state index contributed by atoms with van der Waals surface area (Å²) >= 11 is 3.85. The summed E-state index contributed by atoms with van der Waals surface area (Å²) in [6.45, 7) is 0.144. The first-order valence-corrected chi connectivity index (χ1v) is 6.44. The van der Waals surface area contributed by atoms with Crippen molar-refractivity contribution in [3.63, 3.8) is 0 Å². The van der Waals surface area contributed by atoms with Crippen LogP contribution in [0, 0.1) is 0 Å². The maximum atomic E-state index is 10.8. The molecule has 0 saturated heterocycles. The fraction of sp³-hybridized carbons (Fsp3) is 0.714. The second-order valence-electron chi connectivity index (χ2n) is 2.50. The first-order valence-electron chi connectivity index (χ1n) is 3.96. The van der Waals surface area contributed by atoms with Gasteiger partial charge in [-0.15, -0.1) is 0 Å². The average molecular weight is 239 g/mol. The third-order valence-electron chi connectivity index (χ3n) is 1.09. The van der Waals surface area contributed by atoms with E-state index in [9.17, 15) is 13.2 Å². The number of sulfonamides is 1. The minimum Gasteiger partial charge on any atom is -0.465 e. The molecule has 82 valence electrons. The largest absolute Gasteiger partial charge is 0.465 e. The summed E-state index contributed by atoms with van der Waals surface area (Å²) in [7, 11) is -3.32. The van der Waals surface area contributed by atoms with Gasteiger partial charge < -0.3 is 4.74 Å². The summed E-state index contributed by atoms with van der Waals surface area (Å²) in [5.41, 5.74) is 0. The number of carbonyl (C=O) groups is 1. The van der Waals surface area contributed by atoms with E-state index in [1.807, 2.05) is 0 Å². The third kappa shape index (κ3) is 9.53. The van der Waals surface area contributed by atoms with Crippen molar-refractivity contribution in [3.8, 4) is 0 Å². The van der Waals surface area contributed by atoms with Crippen LogP contribution in [0.25, 0.3) is 0 Å². The minimum absolute atomic E-state index is 0.144. The van der Waals surface area contributed by atoms with Crippen molar-refractivity contribution in [2.75, 3.05) is 18.6 Å². The molecule has 0 aromatic rings. The molecular weight excluding hydrogens is 226 g/mol. The van der Waals surface area contributed by atoms with Gasteiger partial charge in [0.25, 0.3) is 0 Å². The number of ether oxygens (including phenoxy) is 1. The van der Waals surface area contributed by atoms with Crippen molar-refractivity contribution in [2.45, 2.75) is 12.8 Å². The lowest BCUT2D eigenvalue weighted by atomic mass is 10.5. The van der Waals surface area contributed by atoms with E-state index in [-0.39, 0.29) is 19.0 Å². The van der Waals surface area contributed by atoms with Crippen LogP contribution < -0.4 is 0 Å². The average Bonchev–Trinajstić information content (AvgIpc) is 2.02. The van der Waals surface area contributed by atoms with Gasteiger partial charge in [0.1, 0.15) is 0 Å². The van der Waals surface area contributed by atoms with E-state index >= 15 is 0 Å². The highest BCUT2D eigenvalue weighted by Crippen LogP contribution is 1.90. The second-order valence-corrected chi connectivity index (χ2v) is 4.63. The molecule has 0 aliphatic heterocycles. The number of nitrogens with zero attached hydrogens (tertiary/aromatic N) is 1. The van der Waals surface area contributed by atoms with Gasteiger partial charge in [0.2, 0.25) is 10.0 Å². The number of carbonyl (C=O) groups excluding carboxylic acids is 1. The third-order valence-corrected chi connectivity index (χ3v) is 1.85. The van der Waals surface area contributed by atoms with E-state index in [0.29, 0.717) is 12.2 Å². The van der Waals surface area contributed by atoms with Gasteiger partial charge in [0, 0.05) is 18.4 Å². The summed E-state index contributed by atoms with van der Waals surface area (Å²) in [5, 5.41) is 0. The van der Waals surface area contributed by atoms with Gasteiger partial charge in [0.15, 0.2) is 0 Å². The fourth-order valence-corrected chi connectivity index (χ4v) is 1.14. The Morgan fingerprint density at radius 2 is 2.21 bits per heavy atom. The van der Waals surface area contributed by atoms with E-state index < -0.39 is 10.0 Å². The van der Waals surface area contributed by atoms with E-state index in [1.54, 1.807) is 0 Å². The Labute approximate surface area is 89.0 Å². The molecule has 0 amide bonds. The van der Waals surface area contributed by atoms with Crippen LogP contribution in [0.5, 0.6) is 0 Å². The van der Waals surface area contributed by atoms with Crippen molar-refractivity contribution in [1.29, 1.82) is 0 Å². The SMILES string of the molecule is CS(=O)(=O)/N=C\CCOC(=O)CCS. The van der Waals surface area contributed by atoms with Gasteiger partial charge in [0.05, 0.1) is 19.3 Å². The molecule has 0 heterocycles. The Bertz CT molecular complexity index is 297. The quantitative estimate of drug-likeness (QED) is 0.312. The van der Waals surface area contributed by atoms with Gasteiger partial charge in [-0.05, 0) is 0 Å². The highest BCUT2D eigenvalue weighted by Gasteiger charge is 1.99. The molecule has 0 radical (unpaired) electrons. The van der Waals surface area contributed by atoms with Crippen LogP contribution in [-0.4, -0.2) is 39.2 Å². The molecule has 0 aliphatic carbocycles. The maximum Gasteiger partial charge on any atom is 0.306 e. The number of rotatable bonds is 6. The summed E-state index contributed by atoms with van der Waals surface area (Å²) in [6, 6.07) is 0. The lowest BCUT2D eigenvalue weighted by molar-refractivity contribution is -0.142. The fourth-order valence-electron chi connectivity index (χ4n) is 0.577. The highest BCUT2D eigenvalue weighted by molar-refractivity contribution is 7.89. The molecular formula is C7H13NO4S2. The molecule has 0 fully saturated rings. The van der Waals surface area contributed by atoms with Crippen LogP contribution in [0.15, 0.2) is 4.40 Å². The van der Waals surface area contributed by atoms with Crippen LogP contribution in [0.1, 0.15) is 12.8 Å². The van der Waals surface area contributed by atoms with Gasteiger partial charge in [-0.25, -0.2) is 8.42 Å². The molecule has 0 saturated carbocycles. The normalized spacial score (nSPS) is 11.9. The van der Waals surface area contributed by atoms with Crippen molar-refractivity contribution in [3.05, 3.63) is 0 Å². The molecule has 7 heteroatoms. The molecule has 0 aromatic heterocycles. The number of esters is 1. The van der Waals surface area contributed by atoms with Crippen LogP contribution in [-0.2, 0) is 19.6 Å². The van der Waals surface area contributed by atoms with Crippen molar-refractivity contribution >= 4 is 34.8 Å². The highest BCUT2D eigenvalue weighted by atomic mass is 32.2. The number of thiol groups is 1. The molecule has 0 rings (SSSR count). The minimum atomic E-state index is -3.32. The van der Waals surface area contributed by atoms with E-state index in [2.05, 4.69) is 17.0 Å². The van der Waals surface area contributed by atoms with E-state index in [0.717, 1.165) is 6.26 Å². The molecule has 0 aliphatic rings. The summed E-state index contributed by atoms with van der Waals surface area (Å²) in [4.78, 5) is 10.8. The Hall–Kier alpha value is -0.560. The Kier molecular flexibility index (Phi) is 6.56. The molecule has 0 spiro atoms. The van der Waals surface area contributed by atoms with Crippen LogP contribution in [0.4, 0.5) is 0 Å². The zero-order valence-corrected chi connectivity index (χ0v) is 9.55. The summed E-state index contributed by atoms with van der Waals surface area (Å²) < 4.78 is 29.0. The lowest BCUT2D eigenvalue weighted by Gasteiger charge is -1.99. The smallest absolute Gasteiger partial charge is 0.306 e. The number of hydrogen-bond donors (Lipinski definition) is 1. The Morgan fingerprint density at radius 3 is 2.71 bits per heavy atom. The van der Waals surface area contributed by atoms with Gasteiger partial charge in [-0.3, -0.25) is 4.79 Å². The van der Waals surface area contributed by atoms with Gasteiger partial charge in [-0.1, -0.05) is 0 Å².